The van der Waals surface area contributed by atoms with Gasteiger partial charge in [-0.05, 0) is 45.7 Å². The Balaban J connectivity index is 1.57. The Bertz CT molecular complexity index is 1790. The average molecular weight is 507 g/mol. The Morgan fingerprint density at radius 2 is 1.28 bits per heavy atom. The molecule has 0 fully saturated rings. The molecule has 0 bridgehead atoms. The molecule has 1 N–H and O–H groups in total. The van der Waals surface area contributed by atoms with E-state index in [0.29, 0.717) is 5.69 Å². The number of hydrogen-bond donors (Lipinski definition) is 1. The number of aromatic nitrogens is 2. The fourth-order valence-electron chi connectivity index (χ4n) is 5.84. The highest BCUT2D eigenvalue weighted by Crippen LogP contribution is 2.44. The van der Waals surface area contributed by atoms with Crippen molar-refractivity contribution in [2.24, 2.45) is 0 Å². The lowest BCUT2D eigenvalue weighted by atomic mass is 9.76. The molecule has 188 valence electrons. The number of benzene rings is 5. The number of nitrogens with zero attached hydrogens (tertiary/aromatic N) is 2. The van der Waals surface area contributed by atoms with E-state index < -0.39 is 5.54 Å². The Morgan fingerprint density at radius 1 is 0.667 bits per heavy atom. The minimum atomic E-state index is -0.733. The van der Waals surface area contributed by atoms with Crippen LogP contribution in [-0.2, 0) is 12.1 Å². The molecule has 4 nitrogen and oxygen atoms in total. The van der Waals surface area contributed by atoms with Gasteiger partial charge < -0.3 is 14.1 Å². The van der Waals surface area contributed by atoms with Crippen LogP contribution in [0.15, 0.2) is 144 Å². The molecule has 0 atom stereocenters. The summed E-state index contributed by atoms with van der Waals surface area (Å²) >= 11 is 0. The third-order valence-electron chi connectivity index (χ3n) is 7.56. The molecule has 0 radical (unpaired) electrons. The van der Waals surface area contributed by atoms with Gasteiger partial charge in [0.1, 0.15) is 16.9 Å². The van der Waals surface area contributed by atoms with Crippen molar-refractivity contribution in [1.29, 1.82) is 0 Å². The molecule has 0 spiro atoms. The summed E-state index contributed by atoms with van der Waals surface area (Å²) in [5.74, 6) is 0.782. The highest BCUT2D eigenvalue weighted by Gasteiger charge is 2.40. The van der Waals surface area contributed by atoms with Crippen LogP contribution in [0.4, 0.5) is 0 Å². The summed E-state index contributed by atoms with van der Waals surface area (Å²) in [5, 5.41) is 13.6. The molecule has 0 saturated carbocycles. The molecule has 0 saturated heterocycles. The second-order valence-electron chi connectivity index (χ2n) is 9.73. The monoisotopic (exact) mass is 506 g/mol. The Labute approximate surface area is 226 Å². The van der Waals surface area contributed by atoms with E-state index in [1.165, 1.54) is 0 Å². The molecule has 0 aliphatic rings. The van der Waals surface area contributed by atoms with E-state index in [0.717, 1.165) is 49.8 Å². The van der Waals surface area contributed by atoms with Crippen LogP contribution in [0.1, 0.15) is 22.4 Å². The third-order valence-corrected chi connectivity index (χ3v) is 7.56. The first kappa shape index (κ1) is 23.2. The van der Waals surface area contributed by atoms with Crippen LogP contribution in [0.2, 0.25) is 0 Å². The summed E-state index contributed by atoms with van der Waals surface area (Å²) in [5.41, 5.74) is 5.03. The van der Waals surface area contributed by atoms with Crippen LogP contribution < -0.4 is 0 Å². The lowest BCUT2D eigenvalue weighted by Gasteiger charge is -2.38. The van der Waals surface area contributed by atoms with E-state index >= 15 is 0 Å². The molecule has 7 rings (SSSR count). The molecule has 2 aromatic heterocycles. The number of aliphatic hydroxyl groups is 1. The molecule has 39 heavy (non-hydrogen) atoms. The zero-order valence-corrected chi connectivity index (χ0v) is 21.2. The fraction of sp³-hybridized carbons (Fsp3) is 0.0571. The fourth-order valence-corrected chi connectivity index (χ4v) is 5.84. The van der Waals surface area contributed by atoms with Gasteiger partial charge in [0.25, 0.3) is 0 Å². The standard InChI is InChI=1S/C35H26N2O2/c38-24-30-23-37(34(36-30)26-16-18-31-25(22-26)17-19-33-32(31)20-21-39-33)35(27-10-4-1-5-11-27,28-12-6-2-7-13-28)29-14-8-3-9-15-29/h1-23,38H,24H2. The van der Waals surface area contributed by atoms with Gasteiger partial charge in [0, 0.05) is 17.1 Å². The van der Waals surface area contributed by atoms with Gasteiger partial charge in [-0.3, -0.25) is 0 Å². The van der Waals surface area contributed by atoms with Gasteiger partial charge in [-0.15, -0.1) is 0 Å². The highest BCUT2D eigenvalue weighted by atomic mass is 16.3. The van der Waals surface area contributed by atoms with Gasteiger partial charge in [-0.2, -0.15) is 0 Å². The number of imidazole rings is 1. The van der Waals surface area contributed by atoms with Gasteiger partial charge >= 0.3 is 0 Å². The van der Waals surface area contributed by atoms with E-state index in [1.54, 1.807) is 6.26 Å². The smallest absolute Gasteiger partial charge is 0.141 e. The van der Waals surface area contributed by atoms with Crippen LogP contribution in [-0.4, -0.2) is 14.7 Å². The van der Waals surface area contributed by atoms with Crippen molar-refractivity contribution >= 4 is 21.7 Å². The van der Waals surface area contributed by atoms with Gasteiger partial charge in [0.2, 0.25) is 0 Å². The van der Waals surface area contributed by atoms with Gasteiger partial charge in [0.15, 0.2) is 0 Å². The van der Waals surface area contributed by atoms with Crippen molar-refractivity contribution in [2.45, 2.75) is 12.1 Å². The normalized spacial score (nSPS) is 11.8. The predicted molar refractivity (Wildman–Crippen MR) is 155 cm³/mol. The Hall–Kier alpha value is -4.93. The average Bonchev–Trinajstić information content (AvgIpc) is 3.67. The van der Waals surface area contributed by atoms with Crippen LogP contribution >= 0.6 is 0 Å². The number of fused-ring (bicyclic) bond motifs is 3. The van der Waals surface area contributed by atoms with E-state index in [-0.39, 0.29) is 6.61 Å². The SMILES string of the molecule is OCc1cn(C(c2ccccc2)(c2ccccc2)c2ccccc2)c(-c2ccc3c(ccc4occc43)c2)n1. The lowest BCUT2D eigenvalue weighted by molar-refractivity contribution is 0.277. The highest BCUT2D eigenvalue weighted by molar-refractivity contribution is 6.06. The zero-order valence-electron chi connectivity index (χ0n) is 21.2. The van der Waals surface area contributed by atoms with Crippen LogP contribution in [0.25, 0.3) is 33.1 Å². The zero-order chi connectivity index (χ0) is 26.2. The minimum Gasteiger partial charge on any atom is -0.464 e. The van der Waals surface area contributed by atoms with Gasteiger partial charge in [-0.1, -0.05) is 109 Å². The van der Waals surface area contributed by atoms with E-state index in [9.17, 15) is 5.11 Å². The molecule has 7 aromatic rings. The van der Waals surface area contributed by atoms with Crippen molar-refractivity contribution in [3.63, 3.8) is 0 Å². The first-order valence-corrected chi connectivity index (χ1v) is 13.1. The topological polar surface area (TPSA) is 51.2 Å². The molecule has 2 heterocycles. The molecule has 5 aromatic carbocycles. The van der Waals surface area contributed by atoms with Crippen LogP contribution in [0.5, 0.6) is 0 Å². The second kappa shape index (κ2) is 9.43. The van der Waals surface area contributed by atoms with Gasteiger partial charge in [0.05, 0.1) is 18.6 Å². The molecule has 4 heteroatoms. The Morgan fingerprint density at radius 3 is 1.87 bits per heavy atom. The molecule has 0 aliphatic carbocycles. The van der Waals surface area contributed by atoms with Crippen molar-refractivity contribution in [1.82, 2.24) is 9.55 Å². The van der Waals surface area contributed by atoms with Crippen molar-refractivity contribution in [3.05, 3.63) is 162 Å². The summed E-state index contributed by atoms with van der Waals surface area (Å²) in [7, 11) is 0. The summed E-state index contributed by atoms with van der Waals surface area (Å²) in [6.45, 7) is -0.155. The first-order chi connectivity index (χ1) is 19.3. The maximum Gasteiger partial charge on any atom is 0.141 e. The quantitative estimate of drug-likeness (QED) is 0.234. The number of furan rings is 1. The van der Waals surface area contributed by atoms with Crippen LogP contribution in [0.3, 0.4) is 0 Å². The molecular formula is C35H26N2O2. The molecular weight excluding hydrogens is 480 g/mol. The maximum absolute atomic E-state index is 10.3. The summed E-state index contributed by atoms with van der Waals surface area (Å²) in [6.07, 6.45) is 3.72. The van der Waals surface area contributed by atoms with Crippen molar-refractivity contribution < 1.29 is 9.52 Å². The van der Waals surface area contributed by atoms with Crippen molar-refractivity contribution in [3.8, 4) is 11.4 Å². The van der Waals surface area contributed by atoms with E-state index in [2.05, 4.69) is 102 Å². The summed E-state index contributed by atoms with van der Waals surface area (Å²) in [6, 6.07) is 44.1. The Kier molecular flexibility index (Phi) is 5.61. The van der Waals surface area contributed by atoms with Gasteiger partial charge in [-0.25, -0.2) is 4.98 Å². The van der Waals surface area contributed by atoms with Crippen LogP contribution in [0, 0.1) is 0 Å². The molecule has 0 aliphatic heterocycles. The minimum absolute atomic E-state index is 0.155. The molecule has 0 unspecified atom stereocenters. The first-order valence-electron chi connectivity index (χ1n) is 13.1. The number of hydrogen-bond acceptors (Lipinski definition) is 3. The predicted octanol–water partition coefficient (Wildman–Crippen LogP) is 7.78. The van der Waals surface area contributed by atoms with E-state index in [1.807, 2.05) is 36.5 Å². The third kappa shape index (κ3) is 3.69. The largest absolute Gasteiger partial charge is 0.464 e. The van der Waals surface area contributed by atoms with E-state index in [4.69, 9.17) is 9.40 Å². The maximum atomic E-state index is 10.3. The second-order valence-corrected chi connectivity index (χ2v) is 9.73. The summed E-state index contributed by atoms with van der Waals surface area (Å²) < 4.78 is 7.86. The number of rotatable bonds is 6. The number of aliphatic hydroxyl groups excluding tert-OH is 1. The summed E-state index contributed by atoms with van der Waals surface area (Å²) in [4.78, 5) is 4.99. The van der Waals surface area contributed by atoms with Crippen molar-refractivity contribution in [2.75, 3.05) is 0 Å². The lowest BCUT2D eigenvalue weighted by Crippen LogP contribution is -2.37. The molecule has 0 amide bonds.